The van der Waals surface area contributed by atoms with Gasteiger partial charge in [0.1, 0.15) is 11.6 Å². The van der Waals surface area contributed by atoms with E-state index < -0.39 is 0 Å². The number of benzene rings is 2. The van der Waals surface area contributed by atoms with Crippen LogP contribution in [0.15, 0.2) is 42.5 Å². The Balaban J connectivity index is 2.19. The van der Waals surface area contributed by atoms with Crippen LogP contribution in [0.1, 0.15) is 29.7 Å². The van der Waals surface area contributed by atoms with E-state index in [4.69, 9.17) is 4.74 Å². The third kappa shape index (κ3) is 4.05. The second-order valence-electron chi connectivity index (χ2n) is 5.17. The van der Waals surface area contributed by atoms with Gasteiger partial charge in [-0.25, -0.2) is 4.39 Å². The fourth-order valence-electron chi connectivity index (χ4n) is 2.38. The lowest BCUT2D eigenvalue weighted by atomic mass is 9.97. The number of rotatable bonds is 6. The summed E-state index contributed by atoms with van der Waals surface area (Å²) in [5.74, 6) is 0.699. The molecule has 112 valence electrons. The highest BCUT2D eigenvalue weighted by Crippen LogP contribution is 2.22. The van der Waals surface area contributed by atoms with E-state index in [1.54, 1.807) is 20.1 Å². The van der Waals surface area contributed by atoms with Gasteiger partial charge in [-0.3, -0.25) is 0 Å². The summed E-state index contributed by atoms with van der Waals surface area (Å²) >= 11 is 0. The first-order valence-electron chi connectivity index (χ1n) is 7.26. The summed E-state index contributed by atoms with van der Waals surface area (Å²) in [5, 5.41) is 3.42. The van der Waals surface area contributed by atoms with Gasteiger partial charge in [0.15, 0.2) is 0 Å². The van der Waals surface area contributed by atoms with E-state index in [0.717, 1.165) is 24.3 Å². The van der Waals surface area contributed by atoms with Crippen LogP contribution >= 0.6 is 0 Å². The van der Waals surface area contributed by atoms with Crippen molar-refractivity contribution in [3.05, 3.63) is 65.0 Å². The van der Waals surface area contributed by atoms with Gasteiger partial charge in [0, 0.05) is 6.04 Å². The maximum absolute atomic E-state index is 13.8. The number of hydrogen-bond donors (Lipinski definition) is 1. The van der Waals surface area contributed by atoms with Gasteiger partial charge in [0.05, 0.1) is 7.11 Å². The van der Waals surface area contributed by atoms with Crippen molar-refractivity contribution in [2.45, 2.75) is 26.3 Å². The predicted molar refractivity (Wildman–Crippen MR) is 84.3 cm³/mol. The lowest BCUT2D eigenvalue weighted by Gasteiger charge is -2.19. The number of methoxy groups -OCH3 is 1. The zero-order valence-electron chi connectivity index (χ0n) is 12.8. The molecule has 0 aliphatic heterocycles. The predicted octanol–water partition coefficient (Wildman–Crippen LogP) is 4.04. The molecule has 21 heavy (non-hydrogen) atoms. The Labute approximate surface area is 126 Å². The van der Waals surface area contributed by atoms with Gasteiger partial charge in [-0.15, -0.1) is 0 Å². The fraction of sp³-hybridized carbons (Fsp3) is 0.333. The summed E-state index contributed by atoms with van der Waals surface area (Å²) < 4.78 is 18.9. The van der Waals surface area contributed by atoms with Crippen molar-refractivity contribution in [3.8, 4) is 5.75 Å². The van der Waals surface area contributed by atoms with E-state index in [0.29, 0.717) is 5.56 Å². The van der Waals surface area contributed by atoms with Gasteiger partial charge in [-0.05, 0) is 54.8 Å². The maximum Gasteiger partial charge on any atom is 0.126 e. The van der Waals surface area contributed by atoms with Crippen LogP contribution in [0.4, 0.5) is 4.39 Å². The number of hydrogen-bond acceptors (Lipinski definition) is 2. The molecule has 2 aromatic carbocycles. The first-order chi connectivity index (χ1) is 10.1. The number of likely N-dealkylation sites (N-methyl/N-ethyl adjacent to an activating group) is 1. The average Bonchev–Trinajstić information content (AvgIpc) is 2.50. The second kappa shape index (κ2) is 7.23. The molecular weight excluding hydrogens is 265 g/mol. The van der Waals surface area contributed by atoms with Gasteiger partial charge in [-0.2, -0.15) is 0 Å². The van der Waals surface area contributed by atoms with Crippen LogP contribution < -0.4 is 10.1 Å². The summed E-state index contributed by atoms with van der Waals surface area (Å²) in [5.41, 5.74) is 2.86. The van der Waals surface area contributed by atoms with E-state index >= 15 is 0 Å². The summed E-state index contributed by atoms with van der Waals surface area (Å²) in [6, 6.07) is 13.6. The monoisotopic (exact) mass is 287 g/mol. The van der Waals surface area contributed by atoms with Crippen LogP contribution in [0.3, 0.4) is 0 Å². The highest BCUT2D eigenvalue weighted by atomic mass is 19.1. The third-order valence-corrected chi connectivity index (χ3v) is 3.65. The smallest absolute Gasteiger partial charge is 0.126 e. The average molecular weight is 287 g/mol. The van der Waals surface area contributed by atoms with Crippen LogP contribution in [-0.4, -0.2) is 13.7 Å². The summed E-state index contributed by atoms with van der Waals surface area (Å²) in [4.78, 5) is 0. The van der Waals surface area contributed by atoms with Crippen LogP contribution in [0.5, 0.6) is 5.75 Å². The van der Waals surface area contributed by atoms with Crippen molar-refractivity contribution in [2.75, 3.05) is 13.7 Å². The molecule has 0 bridgehead atoms. The van der Waals surface area contributed by atoms with Crippen molar-refractivity contribution in [3.63, 3.8) is 0 Å². The van der Waals surface area contributed by atoms with Gasteiger partial charge >= 0.3 is 0 Å². The van der Waals surface area contributed by atoms with E-state index in [9.17, 15) is 4.39 Å². The van der Waals surface area contributed by atoms with Gasteiger partial charge in [0.25, 0.3) is 0 Å². The number of aryl methyl sites for hydroxylation is 1. The Morgan fingerprint density at radius 1 is 1.14 bits per heavy atom. The van der Waals surface area contributed by atoms with Crippen LogP contribution in [0, 0.1) is 12.7 Å². The van der Waals surface area contributed by atoms with Crippen molar-refractivity contribution < 1.29 is 9.13 Å². The Bertz CT molecular complexity index is 580. The molecule has 0 fully saturated rings. The first-order valence-corrected chi connectivity index (χ1v) is 7.26. The highest BCUT2D eigenvalue weighted by molar-refractivity contribution is 5.31. The SMILES string of the molecule is CCNC(Cc1ccc(OC)cc1)c1ccc(C)c(F)c1. The normalized spacial score (nSPS) is 12.2. The standard InChI is InChI=1S/C18H22FNO/c1-4-20-18(15-8-5-13(2)17(19)12-15)11-14-6-9-16(21-3)10-7-14/h5-10,12,18,20H,4,11H2,1-3H3. The third-order valence-electron chi connectivity index (χ3n) is 3.65. The number of nitrogens with one attached hydrogen (secondary N) is 1. The molecule has 2 aromatic rings. The number of halogens is 1. The van der Waals surface area contributed by atoms with Gasteiger partial charge in [0.2, 0.25) is 0 Å². The Morgan fingerprint density at radius 2 is 1.86 bits per heavy atom. The van der Waals surface area contributed by atoms with Crippen LogP contribution in [0.25, 0.3) is 0 Å². The van der Waals surface area contributed by atoms with Crippen molar-refractivity contribution in [2.24, 2.45) is 0 Å². The molecule has 2 rings (SSSR count). The molecule has 0 amide bonds. The highest BCUT2D eigenvalue weighted by Gasteiger charge is 2.13. The zero-order chi connectivity index (χ0) is 15.2. The molecule has 1 atom stereocenters. The Hall–Kier alpha value is -1.87. The van der Waals surface area contributed by atoms with E-state index in [2.05, 4.69) is 12.2 Å². The van der Waals surface area contributed by atoms with Crippen molar-refractivity contribution >= 4 is 0 Å². The number of ether oxygens (including phenoxy) is 1. The molecule has 0 saturated carbocycles. The fourth-order valence-corrected chi connectivity index (χ4v) is 2.38. The van der Waals surface area contributed by atoms with Crippen LogP contribution in [0.2, 0.25) is 0 Å². The lowest BCUT2D eigenvalue weighted by Crippen LogP contribution is -2.23. The second-order valence-corrected chi connectivity index (χ2v) is 5.17. The summed E-state index contributed by atoms with van der Waals surface area (Å²) in [6.45, 7) is 4.69. The molecular formula is C18H22FNO. The Kier molecular flexibility index (Phi) is 5.34. The zero-order valence-corrected chi connectivity index (χ0v) is 12.8. The quantitative estimate of drug-likeness (QED) is 0.866. The largest absolute Gasteiger partial charge is 0.497 e. The molecule has 2 nitrogen and oxygen atoms in total. The molecule has 0 radical (unpaired) electrons. The maximum atomic E-state index is 13.8. The van der Waals surface area contributed by atoms with Gasteiger partial charge in [-0.1, -0.05) is 31.2 Å². The molecule has 0 heterocycles. The molecule has 0 aliphatic carbocycles. The first kappa shape index (κ1) is 15.5. The van der Waals surface area contributed by atoms with Crippen molar-refractivity contribution in [1.82, 2.24) is 5.32 Å². The topological polar surface area (TPSA) is 21.3 Å². The molecule has 0 saturated heterocycles. The van der Waals surface area contributed by atoms with E-state index in [1.165, 1.54) is 5.56 Å². The van der Waals surface area contributed by atoms with Crippen molar-refractivity contribution in [1.29, 1.82) is 0 Å². The van der Waals surface area contributed by atoms with Crippen LogP contribution in [-0.2, 0) is 6.42 Å². The Morgan fingerprint density at radius 3 is 2.43 bits per heavy atom. The molecule has 0 aromatic heterocycles. The molecule has 1 N–H and O–H groups in total. The summed E-state index contributed by atoms with van der Waals surface area (Å²) in [7, 11) is 1.66. The van der Waals surface area contributed by atoms with E-state index in [1.807, 2.05) is 36.4 Å². The van der Waals surface area contributed by atoms with Gasteiger partial charge < -0.3 is 10.1 Å². The molecule has 0 aliphatic rings. The minimum Gasteiger partial charge on any atom is -0.497 e. The summed E-state index contributed by atoms with van der Waals surface area (Å²) in [6.07, 6.45) is 0.820. The van der Waals surface area contributed by atoms with E-state index in [-0.39, 0.29) is 11.9 Å². The lowest BCUT2D eigenvalue weighted by molar-refractivity contribution is 0.414. The molecule has 3 heteroatoms. The molecule has 1 unspecified atom stereocenters. The molecule has 0 spiro atoms. The minimum absolute atomic E-state index is 0.110. The minimum atomic E-state index is -0.148.